The Hall–Kier alpha value is -2.91. The van der Waals surface area contributed by atoms with Crippen LogP contribution in [0, 0.1) is 9.77 Å². The fourth-order valence-electron chi connectivity index (χ4n) is 3.38. The summed E-state index contributed by atoms with van der Waals surface area (Å²) in [6.07, 6.45) is 2.69. The lowest BCUT2D eigenvalue weighted by Crippen LogP contribution is -2.25. The molecule has 0 aliphatic carbocycles. The molecule has 6 nitrogen and oxygen atoms in total. The zero-order valence-electron chi connectivity index (χ0n) is 16.5. The summed E-state index contributed by atoms with van der Waals surface area (Å²) in [6, 6.07) is 12.4. The molecule has 2 heterocycles. The summed E-state index contributed by atoms with van der Waals surface area (Å²) in [6.45, 7) is 0.428. The number of carbonyl (C=O) groups is 1. The van der Waals surface area contributed by atoms with Crippen molar-refractivity contribution in [3.05, 3.63) is 68.2 Å². The van der Waals surface area contributed by atoms with Gasteiger partial charge in [-0.15, -0.1) is 11.3 Å². The van der Waals surface area contributed by atoms with E-state index in [0.717, 1.165) is 24.8 Å². The highest BCUT2D eigenvalue weighted by molar-refractivity contribution is 7.73. The van der Waals surface area contributed by atoms with Crippen molar-refractivity contribution in [2.75, 3.05) is 6.61 Å². The van der Waals surface area contributed by atoms with Gasteiger partial charge in [-0.1, -0.05) is 18.2 Å². The average molecular weight is 461 g/mol. The van der Waals surface area contributed by atoms with E-state index >= 15 is 0 Å². The van der Waals surface area contributed by atoms with E-state index in [2.05, 4.69) is 10.3 Å². The van der Waals surface area contributed by atoms with Crippen molar-refractivity contribution >= 4 is 29.6 Å². The number of ether oxygens (including phenoxy) is 2. The summed E-state index contributed by atoms with van der Waals surface area (Å²) in [5.74, 6) is 0.241. The Labute approximate surface area is 187 Å². The van der Waals surface area contributed by atoms with Gasteiger partial charge < -0.3 is 24.9 Å². The first-order valence-electron chi connectivity index (χ1n) is 9.86. The molecule has 31 heavy (non-hydrogen) atoms. The van der Waals surface area contributed by atoms with Gasteiger partial charge in [0.05, 0.1) is 10.9 Å². The normalized spacial score (nSPS) is 15.5. The standard InChI is InChI=1S/C22H21FN2O4S2/c23-17-10-14(11-19-20(26)25-22(30)31-19)6-9-18(17)29-16-7-4-13(5-8-16)2-1-3-15-12-28-21(27)24-15/h4-10,15,26H,1-3,11-12H2,(H,24,27)(H,25,30). The highest BCUT2D eigenvalue weighted by Crippen LogP contribution is 2.29. The number of carbonyl (C=O) groups excluding carboxylic acids is 1. The number of aromatic amines is 1. The van der Waals surface area contributed by atoms with Gasteiger partial charge in [-0.05, 0) is 66.9 Å². The second-order valence-electron chi connectivity index (χ2n) is 7.31. The first kappa shape index (κ1) is 21.3. The third-order valence-corrected chi connectivity index (χ3v) is 6.19. The van der Waals surface area contributed by atoms with Gasteiger partial charge in [0.25, 0.3) is 0 Å². The zero-order valence-corrected chi connectivity index (χ0v) is 18.2. The van der Waals surface area contributed by atoms with E-state index in [1.165, 1.54) is 17.4 Å². The smallest absolute Gasteiger partial charge is 0.407 e. The molecule has 1 unspecified atom stereocenters. The van der Waals surface area contributed by atoms with Crippen LogP contribution in [-0.2, 0) is 17.6 Å². The van der Waals surface area contributed by atoms with Crippen LogP contribution in [0.4, 0.5) is 9.18 Å². The van der Waals surface area contributed by atoms with E-state index in [1.807, 2.05) is 24.3 Å². The first-order chi connectivity index (χ1) is 15.0. The number of thiazole rings is 1. The van der Waals surface area contributed by atoms with Crippen molar-refractivity contribution in [3.8, 4) is 17.4 Å². The minimum absolute atomic E-state index is 0.0251. The van der Waals surface area contributed by atoms with E-state index in [1.54, 1.807) is 12.1 Å². The lowest BCUT2D eigenvalue weighted by Gasteiger charge is -2.10. The predicted molar refractivity (Wildman–Crippen MR) is 118 cm³/mol. The number of benzene rings is 2. The van der Waals surface area contributed by atoms with Crippen LogP contribution in [0.5, 0.6) is 17.4 Å². The Morgan fingerprint density at radius 3 is 2.65 bits per heavy atom. The molecule has 3 aromatic rings. The number of aryl methyl sites for hydroxylation is 1. The summed E-state index contributed by atoms with van der Waals surface area (Å²) in [5.41, 5.74) is 1.85. The monoisotopic (exact) mass is 460 g/mol. The molecule has 0 radical (unpaired) electrons. The summed E-state index contributed by atoms with van der Waals surface area (Å²) < 4.78 is 25.6. The molecule has 1 fully saturated rings. The Bertz CT molecular complexity index is 1130. The molecule has 2 aromatic carbocycles. The molecule has 9 heteroatoms. The van der Waals surface area contributed by atoms with Crippen LogP contribution in [0.15, 0.2) is 42.5 Å². The van der Waals surface area contributed by atoms with Gasteiger partial charge in [-0.2, -0.15) is 0 Å². The van der Waals surface area contributed by atoms with Crippen LogP contribution < -0.4 is 10.1 Å². The summed E-state index contributed by atoms with van der Waals surface area (Å²) in [7, 11) is 0. The minimum atomic E-state index is -0.471. The van der Waals surface area contributed by atoms with E-state index < -0.39 is 5.82 Å². The van der Waals surface area contributed by atoms with Gasteiger partial charge >= 0.3 is 6.09 Å². The quantitative estimate of drug-likeness (QED) is 0.389. The maximum absolute atomic E-state index is 14.5. The molecule has 0 spiro atoms. The average Bonchev–Trinajstić information content (AvgIpc) is 3.29. The van der Waals surface area contributed by atoms with Crippen LogP contribution in [0.25, 0.3) is 0 Å². The number of halogens is 1. The number of hydrogen-bond donors (Lipinski definition) is 3. The minimum Gasteiger partial charge on any atom is -0.494 e. The van der Waals surface area contributed by atoms with Gasteiger partial charge in [0.1, 0.15) is 12.4 Å². The van der Waals surface area contributed by atoms with Crippen molar-refractivity contribution in [1.29, 1.82) is 0 Å². The fourth-order valence-corrected chi connectivity index (χ4v) is 4.54. The number of aromatic nitrogens is 1. The molecular formula is C22H21FN2O4S2. The van der Waals surface area contributed by atoms with Crippen molar-refractivity contribution < 1.29 is 23.8 Å². The molecule has 162 valence electrons. The molecule has 1 aliphatic heterocycles. The molecule has 1 saturated heterocycles. The molecule has 0 bridgehead atoms. The van der Waals surface area contributed by atoms with Crippen LogP contribution >= 0.6 is 23.6 Å². The van der Waals surface area contributed by atoms with Crippen molar-refractivity contribution in [1.82, 2.24) is 10.3 Å². The number of hydrogen-bond acceptors (Lipinski definition) is 6. The summed E-state index contributed by atoms with van der Waals surface area (Å²) in [4.78, 5) is 14.4. The molecule has 1 amide bonds. The topological polar surface area (TPSA) is 83.6 Å². The lowest BCUT2D eigenvalue weighted by atomic mass is 10.1. The zero-order chi connectivity index (χ0) is 21.8. The van der Waals surface area contributed by atoms with Crippen LogP contribution in [-0.4, -0.2) is 28.8 Å². The first-order valence-corrected chi connectivity index (χ1v) is 11.1. The van der Waals surface area contributed by atoms with E-state index in [0.29, 0.717) is 33.2 Å². The molecule has 4 rings (SSSR count). The van der Waals surface area contributed by atoms with E-state index in [-0.39, 0.29) is 23.8 Å². The SMILES string of the molecule is O=C1NC(CCCc2ccc(Oc3ccc(Cc4sc(=S)[nH]c4O)cc3F)cc2)CO1. The summed E-state index contributed by atoms with van der Waals surface area (Å²) in [5, 5.41) is 12.6. The van der Waals surface area contributed by atoms with Gasteiger partial charge in [0.2, 0.25) is 5.88 Å². The number of nitrogens with one attached hydrogen (secondary N) is 2. The molecule has 1 aliphatic rings. The number of amides is 1. The highest BCUT2D eigenvalue weighted by atomic mass is 32.1. The Morgan fingerprint density at radius 2 is 2.00 bits per heavy atom. The number of H-pyrrole nitrogens is 1. The van der Waals surface area contributed by atoms with Crippen LogP contribution in [0.1, 0.15) is 28.8 Å². The highest BCUT2D eigenvalue weighted by Gasteiger charge is 2.21. The molecule has 1 atom stereocenters. The Morgan fingerprint density at radius 1 is 1.23 bits per heavy atom. The number of cyclic esters (lactones) is 1. The van der Waals surface area contributed by atoms with Crippen LogP contribution in [0.2, 0.25) is 0 Å². The molecule has 1 aromatic heterocycles. The Balaban J connectivity index is 1.31. The third kappa shape index (κ3) is 5.62. The second-order valence-corrected chi connectivity index (χ2v) is 9.08. The van der Waals surface area contributed by atoms with Crippen molar-refractivity contribution in [2.45, 2.75) is 31.7 Å². The second kappa shape index (κ2) is 9.49. The van der Waals surface area contributed by atoms with Gasteiger partial charge in [0.15, 0.2) is 15.5 Å². The Kier molecular flexibility index (Phi) is 6.53. The van der Waals surface area contributed by atoms with Gasteiger partial charge in [-0.25, -0.2) is 9.18 Å². The largest absolute Gasteiger partial charge is 0.494 e. The van der Waals surface area contributed by atoms with Crippen molar-refractivity contribution in [2.24, 2.45) is 0 Å². The van der Waals surface area contributed by atoms with E-state index in [4.69, 9.17) is 21.7 Å². The summed E-state index contributed by atoms with van der Waals surface area (Å²) >= 11 is 6.27. The third-order valence-electron chi connectivity index (χ3n) is 4.97. The molecular weight excluding hydrogens is 439 g/mol. The van der Waals surface area contributed by atoms with Gasteiger partial charge in [0, 0.05) is 6.42 Å². The van der Waals surface area contributed by atoms with Crippen LogP contribution in [0.3, 0.4) is 0 Å². The maximum atomic E-state index is 14.5. The fraction of sp³-hybridized carbons (Fsp3) is 0.273. The molecule has 3 N–H and O–H groups in total. The molecule has 0 saturated carbocycles. The van der Waals surface area contributed by atoms with Gasteiger partial charge in [-0.3, -0.25) is 0 Å². The number of aromatic hydroxyl groups is 1. The number of alkyl carbamates (subject to hydrolysis) is 1. The van der Waals surface area contributed by atoms with Crippen molar-refractivity contribution in [3.63, 3.8) is 0 Å². The lowest BCUT2D eigenvalue weighted by molar-refractivity contribution is 0.176. The maximum Gasteiger partial charge on any atom is 0.407 e. The number of rotatable bonds is 8. The van der Waals surface area contributed by atoms with E-state index in [9.17, 15) is 14.3 Å². The predicted octanol–water partition coefficient (Wildman–Crippen LogP) is 5.46.